The molecule has 1 amide bonds. The van der Waals surface area contributed by atoms with Crippen molar-refractivity contribution >= 4 is 26.8 Å². The Balaban J connectivity index is 2.23. The number of hydrogen-bond acceptors (Lipinski definition) is 4. The largest absolute Gasteiger partial charge is 0.384 e. The molecule has 0 fully saturated rings. The fourth-order valence-corrected chi connectivity index (χ4v) is 3.69. The van der Waals surface area contributed by atoms with Gasteiger partial charge in [-0.05, 0) is 31.9 Å². The Labute approximate surface area is 148 Å². The molecule has 2 rings (SSSR count). The summed E-state index contributed by atoms with van der Waals surface area (Å²) in [5.74, 6) is -0.538. The van der Waals surface area contributed by atoms with E-state index in [0.29, 0.717) is 0 Å². The molecule has 0 spiro atoms. The lowest BCUT2D eigenvalue weighted by Gasteiger charge is -2.20. The first-order chi connectivity index (χ1) is 11.8. The van der Waals surface area contributed by atoms with Gasteiger partial charge in [0, 0.05) is 30.3 Å². The molecule has 0 saturated heterocycles. The first kappa shape index (κ1) is 19.4. The third-order valence-electron chi connectivity index (χ3n) is 3.72. The summed E-state index contributed by atoms with van der Waals surface area (Å²) < 4.78 is 31.7. The van der Waals surface area contributed by atoms with Crippen molar-refractivity contribution in [3.8, 4) is 0 Å². The van der Waals surface area contributed by atoms with Gasteiger partial charge in [0.1, 0.15) is 6.04 Å². The maximum atomic E-state index is 12.5. The lowest BCUT2D eigenvalue weighted by Crippen LogP contribution is -2.50. The molecule has 1 heterocycles. The molecule has 1 atom stereocenters. The van der Waals surface area contributed by atoms with Crippen molar-refractivity contribution in [1.29, 1.82) is 0 Å². The Morgan fingerprint density at radius 2 is 2.00 bits per heavy atom. The molecule has 0 aliphatic heterocycles. The van der Waals surface area contributed by atoms with Crippen LogP contribution >= 0.6 is 0 Å². The molecule has 0 saturated carbocycles. The standard InChI is InChI=1S/C17H25N3O4S/c1-12(2)19-17(21)16(20-25(22,23)9-8-24-3)10-13-11-18-15-7-5-4-6-14(13)15/h4-7,11-12,16,18,20H,8-10H2,1-3H3,(H,19,21)/t16-/m1/s1. The summed E-state index contributed by atoms with van der Waals surface area (Å²) in [6, 6.07) is 6.73. The predicted octanol–water partition coefficient (Wildman–Crippen LogP) is 1.17. The molecule has 1 aromatic carbocycles. The number of carbonyl (C=O) groups excluding carboxylic acids is 1. The number of amides is 1. The Morgan fingerprint density at radius 3 is 2.68 bits per heavy atom. The summed E-state index contributed by atoms with van der Waals surface area (Å²) >= 11 is 0. The van der Waals surface area contributed by atoms with Gasteiger partial charge in [-0.2, -0.15) is 0 Å². The summed E-state index contributed by atoms with van der Waals surface area (Å²) in [5, 5.41) is 3.75. The van der Waals surface area contributed by atoms with Crippen molar-refractivity contribution in [3.63, 3.8) is 0 Å². The van der Waals surface area contributed by atoms with E-state index >= 15 is 0 Å². The molecule has 0 unspecified atom stereocenters. The Kier molecular flexibility index (Phi) is 6.57. The van der Waals surface area contributed by atoms with Crippen LogP contribution in [0.15, 0.2) is 30.5 Å². The van der Waals surface area contributed by atoms with Crippen molar-refractivity contribution in [1.82, 2.24) is 15.0 Å². The second-order valence-corrected chi connectivity index (χ2v) is 8.08. The van der Waals surface area contributed by atoms with Crippen molar-refractivity contribution in [3.05, 3.63) is 36.0 Å². The summed E-state index contributed by atoms with van der Waals surface area (Å²) in [6.07, 6.45) is 2.07. The number of ether oxygens (including phenoxy) is 1. The van der Waals surface area contributed by atoms with E-state index in [4.69, 9.17) is 4.74 Å². The van der Waals surface area contributed by atoms with E-state index in [1.54, 1.807) is 0 Å². The zero-order valence-corrected chi connectivity index (χ0v) is 15.5. The van der Waals surface area contributed by atoms with E-state index < -0.39 is 16.1 Å². The Hall–Kier alpha value is -1.90. The Bertz CT molecular complexity index is 814. The normalized spacial score (nSPS) is 13.3. The molecule has 2 aromatic rings. The number of benzene rings is 1. The number of methoxy groups -OCH3 is 1. The van der Waals surface area contributed by atoms with Crippen molar-refractivity contribution in [2.24, 2.45) is 0 Å². The van der Waals surface area contributed by atoms with Gasteiger partial charge < -0.3 is 15.0 Å². The minimum atomic E-state index is -3.63. The lowest BCUT2D eigenvalue weighted by atomic mass is 10.0. The number of hydrogen-bond donors (Lipinski definition) is 3. The molecule has 0 radical (unpaired) electrons. The summed E-state index contributed by atoms with van der Waals surface area (Å²) in [4.78, 5) is 15.6. The highest BCUT2D eigenvalue weighted by Gasteiger charge is 2.26. The van der Waals surface area contributed by atoms with Gasteiger partial charge in [-0.15, -0.1) is 0 Å². The van der Waals surface area contributed by atoms with Gasteiger partial charge in [-0.1, -0.05) is 18.2 Å². The highest BCUT2D eigenvalue weighted by Crippen LogP contribution is 2.19. The molecule has 25 heavy (non-hydrogen) atoms. The average molecular weight is 367 g/mol. The average Bonchev–Trinajstić information content (AvgIpc) is 2.95. The van der Waals surface area contributed by atoms with Gasteiger partial charge >= 0.3 is 0 Å². The van der Waals surface area contributed by atoms with E-state index in [0.717, 1.165) is 16.5 Å². The van der Waals surface area contributed by atoms with Gasteiger partial charge in [-0.3, -0.25) is 4.79 Å². The minimum Gasteiger partial charge on any atom is -0.384 e. The van der Waals surface area contributed by atoms with Crippen molar-refractivity contribution in [2.45, 2.75) is 32.4 Å². The van der Waals surface area contributed by atoms with Crippen LogP contribution in [0.2, 0.25) is 0 Å². The fourth-order valence-electron chi connectivity index (χ4n) is 2.56. The zero-order valence-electron chi connectivity index (χ0n) is 14.7. The van der Waals surface area contributed by atoms with E-state index in [2.05, 4.69) is 15.0 Å². The summed E-state index contributed by atoms with van der Waals surface area (Å²) in [7, 11) is -2.19. The smallest absolute Gasteiger partial charge is 0.238 e. The second-order valence-electron chi connectivity index (χ2n) is 6.21. The summed E-state index contributed by atoms with van der Waals surface area (Å²) in [6.45, 7) is 3.74. The Morgan fingerprint density at radius 1 is 1.28 bits per heavy atom. The summed E-state index contributed by atoms with van der Waals surface area (Å²) in [5.41, 5.74) is 1.83. The van der Waals surface area contributed by atoms with Crippen LogP contribution in [0, 0.1) is 0 Å². The van der Waals surface area contributed by atoms with Crippen LogP contribution in [0.3, 0.4) is 0 Å². The maximum absolute atomic E-state index is 12.5. The van der Waals surface area contributed by atoms with Crippen LogP contribution < -0.4 is 10.0 Å². The van der Waals surface area contributed by atoms with E-state index in [-0.39, 0.29) is 30.7 Å². The van der Waals surface area contributed by atoms with Crippen LogP contribution in [0.4, 0.5) is 0 Å². The number of para-hydroxylation sites is 1. The number of fused-ring (bicyclic) bond motifs is 1. The van der Waals surface area contributed by atoms with E-state index in [9.17, 15) is 13.2 Å². The molecule has 0 bridgehead atoms. The third-order valence-corrected chi connectivity index (χ3v) is 5.07. The van der Waals surface area contributed by atoms with Gasteiger partial charge in [0.05, 0.1) is 12.4 Å². The number of aromatic nitrogens is 1. The SMILES string of the molecule is COCCS(=O)(=O)N[C@H](Cc1c[nH]c2ccccc12)C(=O)NC(C)C. The molecule has 1 aromatic heterocycles. The van der Waals surface area contributed by atoms with E-state index in [1.165, 1.54) is 7.11 Å². The van der Waals surface area contributed by atoms with Crippen LogP contribution in [0.25, 0.3) is 10.9 Å². The molecule has 8 heteroatoms. The molecule has 0 aliphatic rings. The zero-order chi connectivity index (χ0) is 18.4. The number of sulfonamides is 1. The molecule has 3 N–H and O–H groups in total. The molecule has 138 valence electrons. The van der Waals surface area contributed by atoms with Gasteiger partial charge in [0.25, 0.3) is 0 Å². The third kappa shape index (κ3) is 5.55. The van der Waals surface area contributed by atoms with E-state index in [1.807, 2.05) is 44.3 Å². The highest BCUT2D eigenvalue weighted by molar-refractivity contribution is 7.89. The molecular formula is C17H25N3O4S. The maximum Gasteiger partial charge on any atom is 0.238 e. The number of carbonyl (C=O) groups is 1. The topological polar surface area (TPSA) is 100 Å². The number of aromatic amines is 1. The first-order valence-corrected chi connectivity index (χ1v) is 9.82. The first-order valence-electron chi connectivity index (χ1n) is 8.16. The highest BCUT2D eigenvalue weighted by atomic mass is 32.2. The van der Waals surface area contributed by atoms with Crippen LogP contribution in [0.5, 0.6) is 0 Å². The molecule has 0 aliphatic carbocycles. The number of nitrogens with one attached hydrogen (secondary N) is 3. The van der Waals surface area contributed by atoms with Gasteiger partial charge in [0.15, 0.2) is 0 Å². The van der Waals surface area contributed by atoms with Crippen LogP contribution in [0.1, 0.15) is 19.4 Å². The molecular weight excluding hydrogens is 342 g/mol. The molecule has 7 nitrogen and oxygen atoms in total. The fraction of sp³-hybridized carbons (Fsp3) is 0.471. The number of H-pyrrole nitrogens is 1. The van der Waals surface area contributed by atoms with Crippen molar-refractivity contribution in [2.75, 3.05) is 19.5 Å². The lowest BCUT2D eigenvalue weighted by molar-refractivity contribution is -0.123. The predicted molar refractivity (Wildman–Crippen MR) is 97.9 cm³/mol. The van der Waals surface area contributed by atoms with Crippen LogP contribution in [-0.2, 0) is 26.0 Å². The van der Waals surface area contributed by atoms with Gasteiger partial charge in [0.2, 0.25) is 15.9 Å². The van der Waals surface area contributed by atoms with Crippen LogP contribution in [-0.4, -0.2) is 50.9 Å². The van der Waals surface area contributed by atoms with Gasteiger partial charge in [-0.25, -0.2) is 13.1 Å². The monoisotopic (exact) mass is 367 g/mol. The minimum absolute atomic E-state index is 0.0704. The second kappa shape index (κ2) is 8.46. The number of rotatable bonds is 9. The quantitative estimate of drug-likeness (QED) is 0.619. The van der Waals surface area contributed by atoms with Crippen molar-refractivity contribution < 1.29 is 17.9 Å².